The second kappa shape index (κ2) is 5.60. The van der Waals surface area contributed by atoms with Gasteiger partial charge in [0.1, 0.15) is 0 Å². The predicted molar refractivity (Wildman–Crippen MR) is 60.5 cm³/mol. The summed E-state index contributed by atoms with van der Waals surface area (Å²) in [5.74, 6) is -0.103. The molecule has 6 heteroatoms. The van der Waals surface area contributed by atoms with E-state index in [1.807, 2.05) is 6.92 Å². The second-order valence-corrected chi connectivity index (χ2v) is 4.05. The van der Waals surface area contributed by atoms with Crippen molar-refractivity contribution in [1.29, 1.82) is 0 Å². The summed E-state index contributed by atoms with van der Waals surface area (Å²) in [7, 11) is 0. The van der Waals surface area contributed by atoms with Crippen molar-refractivity contribution in [3.63, 3.8) is 0 Å². The van der Waals surface area contributed by atoms with Crippen LogP contribution in [0.1, 0.15) is 26.7 Å². The highest BCUT2D eigenvalue weighted by atomic mass is 16.2. The van der Waals surface area contributed by atoms with E-state index in [2.05, 4.69) is 15.6 Å². The van der Waals surface area contributed by atoms with Gasteiger partial charge < -0.3 is 11.1 Å². The molecule has 0 aliphatic rings. The van der Waals surface area contributed by atoms with E-state index >= 15 is 0 Å². The minimum absolute atomic E-state index is 0.103. The highest BCUT2D eigenvalue weighted by molar-refractivity contribution is 5.85. The standard InChI is InChI=1S/C10H19N5O/c1-3-10(2,11)9(16)12-5-4-7-15-8-6-13-14-15/h6,8H,3-5,7,11H2,1-2H3,(H,12,16). The molecule has 0 fully saturated rings. The number of nitrogens with zero attached hydrogens (tertiary/aromatic N) is 3. The molecule has 0 radical (unpaired) electrons. The van der Waals surface area contributed by atoms with Crippen molar-refractivity contribution in [3.05, 3.63) is 12.4 Å². The van der Waals surface area contributed by atoms with Crippen molar-refractivity contribution >= 4 is 5.91 Å². The minimum Gasteiger partial charge on any atom is -0.354 e. The zero-order valence-electron chi connectivity index (χ0n) is 9.81. The molecule has 3 N–H and O–H groups in total. The molecule has 0 aliphatic carbocycles. The van der Waals surface area contributed by atoms with Gasteiger partial charge in [-0.05, 0) is 19.8 Å². The summed E-state index contributed by atoms with van der Waals surface area (Å²) in [5.41, 5.74) is 5.03. The number of nitrogens with two attached hydrogens (primary N) is 1. The minimum atomic E-state index is -0.771. The molecule has 90 valence electrons. The molecule has 0 aromatic carbocycles. The summed E-state index contributed by atoms with van der Waals surface area (Å²) in [6.07, 6.45) is 4.87. The molecule has 0 saturated carbocycles. The quantitative estimate of drug-likeness (QED) is 0.663. The molecule has 1 heterocycles. The van der Waals surface area contributed by atoms with Crippen molar-refractivity contribution in [3.8, 4) is 0 Å². The van der Waals surface area contributed by atoms with E-state index < -0.39 is 5.54 Å². The first-order chi connectivity index (χ1) is 7.56. The van der Waals surface area contributed by atoms with Gasteiger partial charge in [-0.15, -0.1) is 5.10 Å². The third-order valence-corrected chi connectivity index (χ3v) is 2.57. The highest BCUT2D eigenvalue weighted by Gasteiger charge is 2.24. The monoisotopic (exact) mass is 225 g/mol. The highest BCUT2D eigenvalue weighted by Crippen LogP contribution is 2.03. The Morgan fingerprint density at radius 2 is 2.38 bits per heavy atom. The van der Waals surface area contributed by atoms with E-state index in [9.17, 15) is 4.79 Å². The maximum absolute atomic E-state index is 11.6. The van der Waals surface area contributed by atoms with Crippen molar-refractivity contribution in [2.24, 2.45) is 5.73 Å². The average Bonchev–Trinajstić information content (AvgIpc) is 2.76. The molecular formula is C10H19N5O. The van der Waals surface area contributed by atoms with E-state index in [0.29, 0.717) is 13.0 Å². The first-order valence-electron chi connectivity index (χ1n) is 5.47. The molecule has 0 spiro atoms. The van der Waals surface area contributed by atoms with Crippen molar-refractivity contribution in [2.75, 3.05) is 6.54 Å². The van der Waals surface area contributed by atoms with Crippen molar-refractivity contribution < 1.29 is 4.79 Å². The Kier molecular flexibility index (Phi) is 4.42. The Morgan fingerprint density at radius 3 is 2.94 bits per heavy atom. The van der Waals surface area contributed by atoms with Gasteiger partial charge in [-0.2, -0.15) is 0 Å². The van der Waals surface area contributed by atoms with Crippen LogP contribution in [0.3, 0.4) is 0 Å². The van der Waals surface area contributed by atoms with Crippen LogP contribution in [0.5, 0.6) is 0 Å². The summed E-state index contributed by atoms with van der Waals surface area (Å²) in [6.45, 7) is 4.98. The normalized spacial score (nSPS) is 14.4. The van der Waals surface area contributed by atoms with Gasteiger partial charge in [0.2, 0.25) is 5.91 Å². The van der Waals surface area contributed by atoms with Crippen LogP contribution >= 0.6 is 0 Å². The third kappa shape index (κ3) is 3.62. The molecule has 0 saturated heterocycles. The molecule has 1 aromatic rings. The Hall–Kier alpha value is -1.43. The summed E-state index contributed by atoms with van der Waals surface area (Å²) < 4.78 is 1.73. The van der Waals surface area contributed by atoms with Gasteiger partial charge >= 0.3 is 0 Å². The number of aryl methyl sites for hydroxylation is 1. The fourth-order valence-corrected chi connectivity index (χ4v) is 1.16. The fourth-order valence-electron chi connectivity index (χ4n) is 1.16. The van der Waals surface area contributed by atoms with Gasteiger partial charge in [0.05, 0.1) is 11.7 Å². The van der Waals surface area contributed by atoms with Gasteiger partial charge in [0.25, 0.3) is 0 Å². The Bertz CT molecular complexity index is 320. The zero-order valence-corrected chi connectivity index (χ0v) is 9.81. The molecule has 0 aliphatic heterocycles. The lowest BCUT2D eigenvalue weighted by Crippen LogP contribution is -2.51. The molecule has 1 rings (SSSR count). The lowest BCUT2D eigenvalue weighted by Gasteiger charge is -2.21. The van der Waals surface area contributed by atoms with Crippen LogP contribution in [0.25, 0.3) is 0 Å². The summed E-state index contributed by atoms with van der Waals surface area (Å²) in [4.78, 5) is 11.6. The first-order valence-corrected chi connectivity index (χ1v) is 5.47. The van der Waals surface area contributed by atoms with Crippen LogP contribution in [0, 0.1) is 0 Å². The smallest absolute Gasteiger partial charge is 0.239 e. The first kappa shape index (κ1) is 12.6. The molecule has 6 nitrogen and oxygen atoms in total. The van der Waals surface area contributed by atoms with Crippen molar-refractivity contribution in [1.82, 2.24) is 20.3 Å². The lowest BCUT2D eigenvalue weighted by atomic mass is 10.00. The van der Waals surface area contributed by atoms with E-state index in [1.165, 1.54) is 0 Å². The molecule has 16 heavy (non-hydrogen) atoms. The van der Waals surface area contributed by atoms with E-state index in [4.69, 9.17) is 5.73 Å². The van der Waals surface area contributed by atoms with Gasteiger partial charge in [-0.25, -0.2) is 0 Å². The van der Waals surface area contributed by atoms with E-state index in [0.717, 1.165) is 13.0 Å². The van der Waals surface area contributed by atoms with Crippen molar-refractivity contribution in [2.45, 2.75) is 38.8 Å². The summed E-state index contributed by atoms with van der Waals surface area (Å²) in [6, 6.07) is 0. The van der Waals surface area contributed by atoms with Gasteiger partial charge in [0, 0.05) is 19.3 Å². The van der Waals surface area contributed by atoms with Crippen LogP contribution in [-0.2, 0) is 11.3 Å². The molecule has 1 aromatic heterocycles. The Morgan fingerprint density at radius 1 is 1.62 bits per heavy atom. The number of hydrogen-bond donors (Lipinski definition) is 2. The number of aromatic nitrogens is 3. The zero-order chi connectivity index (χ0) is 12.0. The molecule has 0 bridgehead atoms. The van der Waals surface area contributed by atoms with Gasteiger partial charge in [0.15, 0.2) is 0 Å². The largest absolute Gasteiger partial charge is 0.354 e. The van der Waals surface area contributed by atoms with E-state index in [1.54, 1.807) is 24.0 Å². The number of carbonyl (C=O) groups is 1. The maximum atomic E-state index is 11.6. The van der Waals surface area contributed by atoms with E-state index in [-0.39, 0.29) is 5.91 Å². The summed E-state index contributed by atoms with van der Waals surface area (Å²) >= 11 is 0. The predicted octanol–water partition coefficient (Wildman–Crippen LogP) is -0.0882. The number of rotatable bonds is 6. The second-order valence-electron chi connectivity index (χ2n) is 4.05. The number of carbonyl (C=O) groups excluding carboxylic acids is 1. The Labute approximate surface area is 95.2 Å². The van der Waals surface area contributed by atoms with Gasteiger partial charge in [-0.3, -0.25) is 9.48 Å². The summed E-state index contributed by atoms with van der Waals surface area (Å²) in [5, 5.41) is 10.3. The number of nitrogens with one attached hydrogen (secondary N) is 1. The lowest BCUT2D eigenvalue weighted by molar-refractivity contribution is -0.125. The number of amides is 1. The fraction of sp³-hybridized carbons (Fsp3) is 0.700. The Balaban J connectivity index is 2.18. The SMILES string of the molecule is CCC(C)(N)C(=O)NCCCn1ccnn1. The molecule has 1 unspecified atom stereocenters. The number of hydrogen-bond acceptors (Lipinski definition) is 4. The van der Waals surface area contributed by atoms with Crippen LogP contribution in [0.15, 0.2) is 12.4 Å². The molecular weight excluding hydrogens is 206 g/mol. The van der Waals surface area contributed by atoms with Crippen LogP contribution in [-0.4, -0.2) is 33.0 Å². The molecule has 1 atom stereocenters. The maximum Gasteiger partial charge on any atom is 0.239 e. The van der Waals surface area contributed by atoms with Gasteiger partial charge in [-0.1, -0.05) is 12.1 Å². The molecule has 1 amide bonds. The third-order valence-electron chi connectivity index (χ3n) is 2.57. The van der Waals surface area contributed by atoms with Crippen LogP contribution in [0.2, 0.25) is 0 Å². The van der Waals surface area contributed by atoms with Crippen LogP contribution in [0.4, 0.5) is 0 Å². The topological polar surface area (TPSA) is 85.8 Å². The average molecular weight is 225 g/mol. The van der Waals surface area contributed by atoms with Crippen LogP contribution < -0.4 is 11.1 Å².